The molecule has 0 unspecified atom stereocenters. The average Bonchev–Trinajstić information content (AvgIpc) is 2.49. The van der Waals surface area contributed by atoms with Crippen molar-refractivity contribution in [3.8, 4) is 0 Å². The van der Waals surface area contributed by atoms with Crippen molar-refractivity contribution in [1.29, 1.82) is 0 Å². The van der Waals surface area contributed by atoms with Gasteiger partial charge in [-0.25, -0.2) is 9.59 Å². The highest BCUT2D eigenvalue weighted by atomic mass is 35.5. The maximum atomic E-state index is 12.2. The monoisotopic (exact) mass is 310 g/mol. The van der Waals surface area contributed by atoms with E-state index < -0.39 is 5.97 Å². The van der Waals surface area contributed by atoms with Crippen molar-refractivity contribution in [2.24, 2.45) is 5.92 Å². The van der Waals surface area contributed by atoms with Gasteiger partial charge in [-0.1, -0.05) is 18.5 Å². The van der Waals surface area contributed by atoms with Gasteiger partial charge >= 0.3 is 12.0 Å². The van der Waals surface area contributed by atoms with Crippen LogP contribution in [0.5, 0.6) is 0 Å². The molecule has 1 N–H and O–H groups in total. The summed E-state index contributed by atoms with van der Waals surface area (Å²) in [5, 5.41) is 3.15. The minimum atomic E-state index is -0.464. The number of methoxy groups -OCH3 is 1. The number of benzene rings is 1. The zero-order valence-corrected chi connectivity index (χ0v) is 12.9. The summed E-state index contributed by atoms with van der Waals surface area (Å²) in [6, 6.07) is 4.47. The van der Waals surface area contributed by atoms with Crippen molar-refractivity contribution >= 4 is 29.3 Å². The lowest BCUT2D eigenvalue weighted by Crippen LogP contribution is -2.40. The fourth-order valence-electron chi connectivity index (χ4n) is 2.27. The molecule has 2 rings (SSSR count). The number of rotatable bonds is 2. The van der Waals surface area contributed by atoms with Gasteiger partial charge < -0.3 is 15.0 Å². The van der Waals surface area contributed by atoms with Crippen LogP contribution in [0.25, 0.3) is 0 Å². The summed E-state index contributed by atoms with van der Waals surface area (Å²) in [5.41, 5.74) is 0.771. The third-order valence-corrected chi connectivity index (χ3v) is 4.03. The standard InChI is InChI=1S/C15H19ClN2O3/c1-10-5-7-18(8-6-10)15(20)17-13-9-11(14(19)21-2)3-4-12(13)16/h3-4,9-10H,5-8H2,1-2H3,(H,17,20). The molecule has 0 atom stereocenters. The molecule has 0 saturated carbocycles. The SMILES string of the molecule is COC(=O)c1ccc(Cl)c(NC(=O)N2CCC(C)CC2)c1. The third-order valence-electron chi connectivity index (χ3n) is 3.70. The van der Waals surface area contributed by atoms with Crippen LogP contribution in [-0.2, 0) is 4.74 Å². The molecule has 5 nitrogen and oxygen atoms in total. The number of amides is 2. The van der Waals surface area contributed by atoms with E-state index in [1.165, 1.54) is 13.2 Å². The highest BCUT2D eigenvalue weighted by Crippen LogP contribution is 2.24. The van der Waals surface area contributed by atoms with Crippen LogP contribution in [0.15, 0.2) is 18.2 Å². The molecular weight excluding hydrogens is 292 g/mol. The summed E-state index contributed by atoms with van der Waals surface area (Å²) < 4.78 is 4.66. The molecule has 0 radical (unpaired) electrons. The number of ether oxygens (including phenoxy) is 1. The van der Waals surface area contributed by atoms with Crippen molar-refractivity contribution in [3.63, 3.8) is 0 Å². The Morgan fingerprint density at radius 2 is 2.00 bits per heavy atom. The number of esters is 1. The zero-order valence-electron chi connectivity index (χ0n) is 12.2. The lowest BCUT2D eigenvalue weighted by molar-refractivity contribution is 0.0600. The Morgan fingerprint density at radius 3 is 2.62 bits per heavy atom. The van der Waals surface area contributed by atoms with E-state index in [2.05, 4.69) is 17.0 Å². The first-order valence-corrected chi connectivity index (χ1v) is 7.33. The van der Waals surface area contributed by atoms with Gasteiger partial charge in [-0.05, 0) is 37.0 Å². The summed E-state index contributed by atoms with van der Waals surface area (Å²) in [6.45, 7) is 3.66. The van der Waals surface area contributed by atoms with Crippen molar-refractivity contribution in [3.05, 3.63) is 28.8 Å². The van der Waals surface area contributed by atoms with Gasteiger partial charge in [0, 0.05) is 13.1 Å². The Bertz CT molecular complexity index is 540. The second-order valence-electron chi connectivity index (χ2n) is 5.29. The lowest BCUT2D eigenvalue weighted by atomic mass is 10.00. The fourth-order valence-corrected chi connectivity index (χ4v) is 2.44. The minimum Gasteiger partial charge on any atom is -0.465 e. The molecule has 0 aromatic heterocycles. The molecule has 0 aliphatic carbocycles. The van der Waals surface area contributed by atoms with Gasteiger partial charge in [0.1, 0.15) is 0 Å². The predicted molar refractivity (Wildman–Crippen MR) is 81.8 cm³/mol. The number of hydrogen-bond acceptors (Lipinski definition) is 3. The predicted octanol–water partition coefficient (Wildman–Crippen LogP) is 3.39. The van der Waals surface area contributed by atoms with Crippen LogP contribution in [0, 0.1) is 5.92 Å². The molecule has 0 bridgehead atoms. The summed E-state index contributed by atoms with van der Waals surface area (Å²) in [7, 11) is 1.31. The molecule has 21 heavy (non-hydrogen) atoms. The van der Waals surface area contributed by atoms with Crippen LogP contribution < -0.4 is 5.32 Å². The van der Waals surface area contributed by atoms with Gasteiger partial charge in [-0.3, -0.25) is 0 Å². The zero-order chi connectivity index (χ0) is 15.4. The molecule has 114 valence electrons. The normalized spacial score (nSPS) is 15.7. The van der Waals surface area contributed by atoms with Crippen molar-refractivity contribution in [1.82, 2.24) is 4.90 Å². The quantitative estimate of drug-likeness (QED) is 0.852. The number of nitrogens with one attached hydrogen (secondary N) is 1. The number of nitrogens with zero attached hydrogens (tertiary/aromatic N) is 1. The number of halogens is 1. The lowest BCUT2D eigenvalue weighted by Gasteiger charge is -2.30. The maximum absolute atomic E-state index is 12.2. The second kappa shape index (κ2) is 6.80. The largest absolute Gasteiger partial charge is 0.465 e. The van der Waals surface area contributed by atoms with Gasteiger partial charge in [0.05, 0.1) is 23.4 Å². The number of urea groups is 1. The summed E-state index contributed by atoms with van der Waals surface area (Å²) in [5.74, 6) is 0.189. The van der Waals surface area contributed by atoms with E-state index in [-0.39, 0.29) is 6.03 Å². The molecule has 1 saturated heterocycles. The molecule has 1 fully saturated rings. The first-order chi connectivity index (χ1) is 10.0. The van der Waals surface area contributed by atoms with Gasteiger partial charge in [0.25, 0.3) is 0 Å². The van der Waals surface area contributed by atoms with Crippen LogP contribution in [0.3, 0.4) is 0 Å². The van der Waals surface area contributed by atoms with E-state index in [1.807, 2.05) is 0 Å². The molecule has 2 amide bonds. The van der Waals surface area contributed by atoms with Crippen molar-refractivity contribution in [2.45, 2.75) is 19.8 Å². The Balaban J connectivity index is 2.08. The summed E-state index contributed by atoms with van der Waals surface area (Å²) in [6.07, 6.45) is 2.01. The molecule has 6 heteroatoms. The second-order valence-corrected chi connectivity index (χ2v) is 5.69. The molecule has 1 heterocycles. The highest BCUT2D eigenvalue weighted by Gasteiger charge is 2.21. The molecule has 1 aromatic carbocycles. The average molecular weight is 311 g/mol. The van der Waals surface area contributed by atoms with E-state index in [4.69, 9.17) is 11.6 Å². The Labute approximate surface area is 129 Å². The number of hydrogen-bond donors (Lipinski definition) is 1. The van der Waals surface area contributed by atoms with Gasteiger partial charge in [-0.2, -0.15) is 0 Å². The number of carbonyl (C=O) groups excluding carboxylic acids is 2. The third kappa shape index (κ3) is 3.88. The van der Waals surface area contributed by atoms with E-state index >= 15 is 0 Å². The van der Waals surface area contributed by atoms with Crippen LogP contribution >= 0.6 is 11.6 Å². The first-order valence-electron chi connectivity index (χ1n) is 6.95. The Kier molecular flexibility index (Phi) is 5.07. The van der Waals surface area contributed by atoms with Crippen molar-refractivity contribution < 1.29 is 14.3 Å². The van der Waals surface area contributed by atoms with Crippen LogP contribution in [-0.4, -0.2) is 37.1 Å². The smallest absolute Gasteiger partial charge is 0.337 e. The maximum Gasteiger partial charge on any atom is 0.337 e. The molecular formula is C15H19ClN2O3. The van der Waals surface area contributed by atoms with E-state index in [1.54, 1.807) is 17.0 Å². The molecule has 1 aliphatic heterocycles. The molecule has 1 aromatic rings. The summed E-state index contributed by atoms with van der Waals surface area (Å²) in [4.78, 5) is 25.5. The van der Waals surface area contributed by atoms with E-state index in [9.17, 15) is 9.59 Å². The molecule has 0 spiro atoms. The summed E-state index contributed by atoms with van der Waals surface area (Å²) >= 11 is 6.06. The van der Waals surface area contributed by atoms with Gasteiger partial charge in [0.2, 0.25) is 0 Å². The topological polar surface area (TPSA) is 58.6 Å². The van der Waals surface area contributed by atoms with Crippen LogP contribution in [0.2, 0.25) is 5.02 Å². The van der Waals surface area contributed by atoms with E-state index in [0.717, 1.165) is 25.9 Å². The Morgan fingerprint density at radius 1 is 1.33 bits per heavy atom. The van der Waals surface area contributed by atoms with Gasteiger partial charge in [-0.15, -0.1) is 0 Å². The van der Waals surface area contributed by atoms with Gasteiger partial charge in [0.15, 0.2) is 0 Å². The number of piperidine rings is 1. The molecule has 1 aliphatic rings. The van der Waals surface area contributed by atoms with Crippen molar-refractivity contribution in [2.75, 3.05) is 25.5 Å². The van der Waals surface area contributed by atoms with Crippen LogP contribution in [0.1, 0.15) is 30.1 Å². The highest BCUT2D eigenvalue weighted by molar-refractivity contribution is 6.33. The number of likely N-dealkylation sites (tertiary alicyclic amines) is 1. The minimum absolute atomic E-state index is 0.189. The first kappa shape index (κ1) is 15.6. The number of carbonyl (C=O) groups is 2. The fraction of sp³-hybridized carbons (Fsp3) is 0.467. The number of anilines is 1. The van der Waals surface area contributed by atoms with E-state index in [0.29, 0.717) is 22.2 Å². The Hall–Kier alpha value is -1.75. The van der Waals surface area contributed by atoms with Crippen LogP contribution in [0.4, 0.5) is 10.5 Å².